The lowest BCUT2D eigenvalue weighted by atomic mass is 10.1. The van der Waals surface area contributed by atoms with E-state index in [1.807, 2.05) is 6.08 Å². The SMILES string of the molecule is C=CN1C(=O)C2C=CC1C2. The summed E-state index contributed by atoms with van der Waals surface area (Å²) in [5.74, 6) is 0.366. The number of nitrogens with zero attached hydrogens (tertiary/aromatic N) is 1. The average Bonchev–Trinajstić information content (AvgIpc) is 2.46. The van der Waals surface area contributed by atoms with Crippen molar-refractivity contribution in [1.29, 1.82) is 0 Å². The molecule has 0 saturated carbocycles. The Labute approximate surface area is 59.8 Å². The maximum atomic E-state index is 11.2. The van der Waals surface area contributed by atoms with Crippen LogP contribution in [0.2, 0.25) is 0 Å². The molecule has 2 unspecified atom stereocenters. The molecule has 2 atom stereocenters. The Morgan fingerprint density at radius 2 is 2.50 bits per heavy atom. The standard InChI is InChI=1S/C8H9NO/c1-2-9-7-4-3-6(5-7)8(9)10/h2-4,6-7H,1,5H2. The molecule has 2 nitrogen and oxygen atoms in total. The summed E-state index contributed by atoms with van der Waals surface area (Å²) in [5.41, 5.74) is 0. The van der Waals surface area contributed by atoms with E-state index in [0.717, 1.165) is 6.42 Å². The summed E-state index contributed by atoms with van der Waals surface area (Å²) < 4.78 is 0. The number of carbonyl (C=O) groups excluding carboxylic acids is 1. The molecule has 0 N–H and O–H groups in total. The molecule has 2 heteroatoms. The van der Waals surface area contributed by atoms with Crippen molar-refractivity contribution in [2.24, 2.45) is 5.92 Å². The predicted octanol–water partition coefficient (Wildman–Crippen LogP) is 0.917. The van der Waals surface area contributed by atoms with E-state index < -0.39 is 0 Å². The molecule has 0 aromatic carbocycles. The van der Waals surface area contributed by atoms with E-state index in [2.05, 4.69) is 12.7 Å². The van der Waals surface area contributed by atoms with Crippen molar-refractivity contribution in [3.05, 3.63) is 24.9 Å². The van der Waals surface area contributed by atoms with Gasteiger partial charge in [-0.25, -0.2) is 0 Å². The van der Waals surface area contributed by atoms with E-state index in [1.165, 1.54) is 0 Å². The second-order valence-electron chi connectivity index (χ2n) is 2.72. The minimum Gasteiger partial charge on any atom is -0.312 e. The Morgan fingerprint density at radius 1 is 1.70 bits per heavy atom. The number of hydrogen-bond donors (Lipinski definition) is 0. The van der Waals surface area contributed by atoms with Crippen LogP contribution in [0.5, 0.6) is 0 Å². The van der Waals surface area contributed by atoms with E-state index in [-0.39, 0.29) is 11.8 Å². The van der Waals surface area contributed by atoms with E-state index in [1.54, 1.807) is 11.1 Å². The van der Waals surface area contributed by atoms with Gasteiger partial charge in [0.1, 0.15) is 0 Å². The van der Waals surface area contributed by atoms with Crippen LogP contribution < -0.4 is 0 Å². The van der Waals surface area contributed by atoms with Gasteiger partial charge in [-0.2, -0.15) is 0 Å². The third-order valence-electron chi connectivity index (χ3n) is 2.19. The van der Waals surface area contributed by atoms with E-state index >= 15 is 0 Å². The molecule has 0 aromatic heterocycles. The molecule has 1 amide bonds. The molecule has 0 radical (unpaired) electrons. The normalized spacial score (nSPS) is 35.6. The second-order valence-corrected chi connectivity index (χ2v) is 2.72. The molecule has 1 aliphatic heterocycles. The lowest BCUT2D eigenvalue weighted by Crippen LogP contribution is -2.29. The molecular formula is C8H9NO. The van der Waals surface area contributed by atoms with Crippen LogP contribution >= 0.6 is 0 Å². The zero-order chi connectivity index (χ0) is 7.14. The average molecular weight is 135 g/mol. The summed E-state index contributed by atoms with van der Waals surface area (Å²) in [6.45, 7) is 3.58. The molecule has 1 heterocycles. The van der Waals surface area contributed by atoms with Crippen LogP contribution in [-0.2, 0) is 4.79 Å². The summed E-state index contributed by atoms with van der Waals surface area (Å²) in [4.78, 5) is 12.9. The first-order chi connectivity index (χ1) is 4.83. The summed E-state index contributed by atoms with van der Waals surface area (Å²) in [7, 11) is 0. The van der Waals surface area contributed by atoms with Crippen LogP contribution in [0.4, 0.5) is 0 Å². The lowest BCUT2D eigenvalue weighted by Gasteiger charge is -2.18. The summed E-state index contributed by atoms with van der Waals surface area (Å²) >= 11 is 0. The van der Waals surface area contributed by atoms with Gasteiger partial charge >= 0.3 is 0 Å². The van der Waals surface area contributed by atoms with Crippen molar-refractivity contribution in [3.8, 4) is 0 Å². The van der Waals surface area contributed by atoms with Gasteiger partial charge in [-0.05, 0) is 6.42 Å². The predicted molar refractivity (Wildman–Crippen MR) is 38.1 cm³/mol. The van der Waals surface area contributed by atoms with Crippen LogP contribution in [-0.4, -0.2) is 16.8 Å². The van der Waals surface area contributed by atoms with Crippen molar-refractivity contribution in [3.63, 3.8) is 0 Å². The first kappa shape index (κ1) is 5.71. The van der Waals surface area contributed by atoms with Gasteiger partial charge in [0.05, 0.1) is 12.0 Å². The second kappa shape index (κ2) is 1.72. The first-order valence-corrected chi connectivity index (χ1v) is 3.46. The Morgan fingerprint density at radius 3 is 2.90 bits per heavy atom. The Bertz CT molecular complexity index is 219. The molecule has 0 aromatic rings. The highest BCUT2D eigenvalue weighted by molar-refractivity contribution is 5.86. The molecule has 10 heavy (non-hydrogen) atoms. The Hall–Kier alpha value is -1.05. The Balaban J connectivity index is 2.33. The molecule has 0 spiro atoms. The first-order valence-electron chi connectivity index (χ1n) is 3.46. The molecular weight excluding hydrogens is 126 g/mol. The van der Waals surface area contributed by atoms with Gasteiger partial charge in [-0.15, -0.1) is 0 Å². The highest BCUT2D eigenvalue weighted by Gasteiger charge is 2.39. The minimum atomic E-state index is 0.156. The topological polar surface area (TPSA) is 20.3 Å². The molecule has 1 aliphatic carbocycles. The maximum absolute atomic E-state index is 11.2. The molecule has 1 saturated heterocycles. The number of amides is 1. The Kier molecular flexibility index (Phi) is 0.982. The summed E-state index contributed by atoms with van der Waals surface area (Å²) in [5, 5.41) is 0. The molecule has 1 fully saturated rings. The monoisotopic (exact) mass is 135 g/mol. The maximum Gasteiger partial charge on any atom is 0.234 e. The van der Waals surface area contributed by atoms with Crippen LogP contribution in [0.15, 0.2) is 24.9 Å². The number of hydrogen-bond acceptors (Lipinski definition) is 1. The smallest absolute Gasteiger partial charge is 0.234 e. The van der Waals surface area contributed by atoms with Crippen molar-refractivity contribution >= 4 is 5.91 Å². The number of carbonyl (C=O) groups is 1. The lowest BCUT2D eigenvalue weighted by molar-refractivity contribution is -0.128. The third-order valence-corrected chi connectivity index (χ3v) is 2.19. The van der Waals surface area contributed by atoms with E-state index in [4.69, 9.17) is 0 Å². The number of fused-ring (bicyclic) bond motifs is 2. The fourth-order valence-electron chi connectivity index (χ4n) is 1.65. The molecule has 2 bridgehead atoms. The fourth-order valence-corrected chi connectivity index (χ4v) is 1.65. The van der Waals surface area contributed by atoms with Crippen molar-refractivity contribution in [2.75, 3.05) is 0 Å². The van der Waals surface area contributed by atoms with Crippen LogP contribution in [0.3, 0.4) is 0 Å². The van der Waals surface area contributed by atoms with Gasteiger partial charge in [0.15, 0.2) is 0 Å². The molecule has 52 valence electrons. The largest absolute Gasteiger partial charge is 0.312 e. The van der Waals surface area contributed by atoms with Crippen molar-refractivity contribution in [2.45, 2.75) is 12.5 Å². The van der Waals surface area contributed by atoms with E-state index in [9.17, 15) is 4.79 Å². The van der Waals surface area contributed by atoms with Crippen LogP contribution in [0.1, 0.15) is 6.42 Å². The summed E-state index contributed by atoms with van der Waals surface area (Å²) in [6.07, 6.45) is 6.65. The van der Waals surface area contributed by atoms with Crippen molar-refractivity contribution < 1.29 is 4.79 Å². The number of likely N-dealkylation sites (tertiary alicyclic amines) is 1. The molecule has 2 rings (SSSR count). The summed E-state index contributed by atoms with van der Waals surface area (Å²) in [6, 6.07) is 0.315. The quantitative estimate of drug-likeness (QED) is 0.489. The highest BCUT2D eigenvalue weighted by Crippen LogP contribution is 2.32. The van der Waals surface area contributed by atoms with Gasteiger partial charge in [-0.3, -0.25) is 4.79 Å². The van der Waals surface area contributed by atoms with E-state index in [0.29, 0.717) is 6.04 Å². The van der Waals surface area contributed by atoms with Gasteiger partial charge in [-0.1, -0.05) is 18.7 Å². The zero-order valence-electron chi connectivity index (χ0n) is 5.66. The van der Waals surface area contributed by atoms with Gasteiger partial charge in [0, 0.05) is 6.20 Å². The molecule has 2 aliphatic rings. The van der Waals surface area contributed by atoms with Gasteiger partial charge < -0.3 is 4.90 Å². The highest BCUT2D eigenvalue weighted by atomic mass is 16.2. The van der Waals surface area contributed by atoms with Gasteiger partial charge in [0.2, 0.25) is 5.91 Å². The zero-order valence-corrected chi connectivity index (χ0v) is 5.66. The van der Waals surface area contributed by atoms with Gasteiger partial charge in [0.25, 0.3) is 0 Å². The van der Waals surface area contributed by atoms with Crippen molar-refractivity contribution in [1.82, 2.24) is 4.90 Å². The van der Waals surface area contributed by atoms with Crippen LogP contribution in [0, 0.1) is 5.92 Å². The minimum absolute atomic E-state index is 0.156. The number of rotatable bonds is 1. The van der Waals surface area contributed by atoms with Crippen LogP contribution in [0.25, 0.3) is 0 Å². The third kappa shape index (κ3) is 0.511. The fraction of sp³-hybridized carbons (Fsp3) is 0.375.